The van der Waals surface area contributed by atoms with E-state index in [1.165, 1.54) is 55.0 Å². The molecule has 1 heterocycles. The molecule has 6 aromatic carbocycles. The lowest BCUT2D eigenvalue weighted by atomic mass is 9.95. The number of rotatable bonds is 13. The van der Waals surface area contributed by atoms with Crippen molar-refractivity contribution in [2.24, 2.45) is 23.5 Å². The fourth-order valence-corrected chi connectivity index (χ4v) is 8.51. The van der Waals surface area contributed by atoms with E-state index in [0.29, 0.717) is 54.6 Å². The molecule has 1 saturated heterocycles. The van der Waals surface area contributed by atoms with Crippen LogP contribution in [0.5, 0.6) is 0 Å². The summed E-state index contributed by atoms with van der Waals surface area (Å²) in [6.45, 7) is 3.66. The maximum atomic E-state index is 13.4. The maximum absolute atomic E-state index is 13.4. The first-order valence-electron chi connectivity index (χ1n) is 21.5. The molecule has 6 N–H and O–H groups in total. The van der Waals surface area contributed by atoms with Gasteiger partial charge in [0.2, 0.25) is 0 Å². The minimum atomic E-state index is -0.322. The van der Waals surface area contributed by atoms with Crippen LogP contribution in [0.3, 0.4) is 0 Å². The minimum absolute atomic E-state index is 0.130. The van der Waals surface area contributed by atoms with E-state index in [2.05, 4.69) is 21.3 Å². The molecule has 1 saturated carbocycles. The average molecular weight is 856 g/mol. The normalized spacial score (nSPS) is 18.1. The van der Waals surface area contributed by atoms with Gasteiger partial charge in [0.25, 0.3) is 11.8 Å². The van der Waals surface area contributed by atoms with E-state index in [9.17, 15) is 27.2 Å². The van der Waals surface area contributed by atoms with Crippen LogP contribution in [0.15, 0.2) is 133 Å². The van der Waals surface area contributed by atoms with Gasteiger partial charge >= 0.3 is 0 Å². The molecule has 0 spiro atoms. The van der Waals surface area contributed by atoms with Crippen molar-refractivity contribution in [3.8, 4) is 44.5 Å². The summed E-state index contributed by atoms with van der Waals surface area (Å²) in [5, 5.41) is 12.7. The van der Waals surface area contributed by atoms with E-state index in [-0.39, 0.29) is 35.1 Å². The quantitative estimate of drug-likeness (QED) is 0.0745. The lowest BCUT2D eigenvalue weighted by Gasteiger charge is -2.14. The molecule has 2 amide bonds. The molecule has 2 aliphatic rings. The van der Waals surface area contributed by atoms with Crippen molar-refractivity contribution < 1.29 is 27.2 Å². The summed E-state index contributed by atoms with van der Waals surface area (Å²) in [6, 6.07) is 36.1. The van der Waals surface area contributed by atoms with Crippen LogP contribution >= 0.6 is 0 Å². The number of hydrogen-bond acceptors (Lipinski definition) is 5. The first-order chi connectivity index (χ1) is 30.5. The van der Waals surface area contributed by atoms with Crippen molar-refractivity contribution in [1.29, 1.82) is 0 Å². The Bertz CT molecular complexity index is 2340. The summed E-state index contributed by atoms with van der Waals surface area (Å²) in [5.74, 6) is -0.0611. The van der Waals surface area contributed by atoms with E-state index in [0.717, 1.165) is 76.9 Å². The smallest absolute Gasteiger partial charge is 0.251 e. The number of nitrogens with two attached hydrogens (primary N) is 1. The second kappa shape index (κ2) is 21.3. The number of carbonyl (C=O) groups excluding carboxylic acids is 2. The molecule has 6 aromatic rings. The number of carbonyl (C=O) groups is 2. The minimum Gasteiger partial charge on any atom is -0.352 e. The van der Waals surface area contributed by atoms with Gasteiger partial charge in [-0.05, 0) is 186 Å². The van der Waals surface area contributed by atoms with Crippen LogP contribution in [0.2, 0.25) is 0 Å². The van der Waals surface area contributed by atoms with Crippen molar-refractivity contribution in [2.45, 2.75) is 31.7 Å². The zero-order valence-electron chi connectivity index (χ0n) is 35.3. The van der Waals surface area contributed by atoms with Crippen LogP contribution in [0.1, 0.15) is 46.4 Å². The molecule has 0 unspecified atom stereocenters. The molecule has 11 heteroatoms. The Kier molecular flexibility index (Phi) is 15.2. The first kappa shape index (κ1) is 44.9. The molecule has 63 heavy (non-hydrogen) atoms. The molecular formula is C52H53F4N5O2. The Balaban J connectivity index is 0.000000189. The van der Waals surface area contributed by atoms with Gasteiger partial charge in [-0.15, -0.1) is 0 Å². The van der Waals surface area contributed by atoms with Gasteiger partial charge in [-0.3, -0.25) is 9.59 Å². The van der Waals surface area contributed by atoms with Crippen molar-refractivity contribution in [3.63, 3.8) is 0 Å². The van der Waals surface area contributed by atoms with Crippen molar-refractivity contribution >= 4 is 11.8 Å². The van der Waals surface area contributed by atoms with Crippen molar-refractivity contribution in [1.82, 2.24) is 21.3 Å². The van der Waals surface area contributed by atoms with Gasteiger partial charge in [-0.2, -0.15) is 0 Å². The second-order valence-corrected chi connectivity index (χ2v) is 16.6. The summed E-state index contributed by atoms with van der Waals surface area (Å²) in [6.07, 6.45) is 4.38. The van der Waals surface area contributed by atoms with Crippen LogP contribution in [-0.4, -0.2) is 57.6 Å². The van der Waals surface area contributed by atoms with Crippen LogP contribution in [-0.2, 0) is 0 Å². The molecule has 7 nitrogen and oxygen atoms in total. The highest BCUT2D eigenvalue weighted by Gasteiger charge is 2.25. The van der Waals surface area contributed by atoms with Crippen molar-refractivity contribution in [3.05, 3.63) is 168 Å². The van der Waals surface area contributed by atoms with Gasteiger partial charge in [0.1, 0.15) is 23.3 Å². The fourth-order valence-electron chi connectivity index (χ4n) is 8.51. The molecule has 1 aliphatic heterocycles. The molecule has 2 fully saturated rings. The van der Waals surface area contributed by atoms with Gasteiger partial charge in [-0.1, -0.05) is 48.5 Å². The molecule has 1 aliphatic carbocycles. The Labute approximate surface area is 366 Å². The molecule has 8 rings (SSSR count). The van der Waals surface area contributed by atoms with Crippen LogP contribution < -0.4 is 27.0 Å². The third kappa shape index (κ3) is 12.3. The SMILES string of the molecule is CNC[C@@H]1CC[C@H](CNC(=O)c2cc(-c3ccc(F)cc3)cc(-c3ccc(F)cc3)c2)C1.NC[C@@H]1C[C@@H](CNC(=O)c2cc(-c3ccc(F)cc3)cc(-c3ccc(F)cc3)c2)CN1. The zero-order chi connectivity index (χ0) is 44.3. The molecule has 0 radical (unpaired) electrons. The monoisotopic (exact) mass is 855 g/mol. The Hall–Kier alpha value is -6.14. The molecular weight excluding hydrogens is 803 g/mol. The average Bonchev–Trinajstić information content (AvgIpc) is 3.98. The van der Waals surface area contributed by atoms with Gasteiger partial charge in [0.15, 0.2) is 0 Å². The van der Waals surface area contributed by atoms with Gasteiger partial charge in [0, 0.05) is 43.3 Å². The van der Waals surface area contributed by atoms with E-state index in [1.807, 2.05) is 31.3 Å². The fraction of sp³-hybridized carbons (Fsp3) is 0.269. The van der Waals surface area contributed by atoms with E-state index < -0.39 is 0 Å². The summed E-state index contributed by atoms with van der Waals surface area (Å²) < 4.78 is 53.6. The van der Waals surface area contributed by atoms with Gasteiger partial charge in [-0.25, -0.2) is 17.6 Å². The van der Waals surface area contributed by atoms with Gasteiger partial charge in [0.05, 0.1) is 0 Å². The highest BCUT2D eigenvalue weighted by atomic mass is 19.1. The number of hydrogen-bond donors (Lipinski definition) is 5. The molecule has 326 valence electrons. The van der Waals surface area contributed by atoms with E-state index in [1.54, 1.807) is 60.7 Å². The lowest BCUT2D eigenvalue weighted by molar-refractivity contribution is 0.0939. The standard InChI is InChI=1S/C27H28F2N2O.C25H25F2N3O/c1-30-16-18-2-3-19(12-18)17-31-27(32)24-14-22(20-4-8-25(28)9-5-20)13-23(15-24)21-6-10-26(29)11-7-21;26-22-5-1-17(2-6-22)19-10-20(18-3-7-23(27)8-4-18)12-21(11-19)25(31)30-15-16-9-24(13-28)29-14-16/h4-11,13-15,18-19,30H,2-3,12,16-17H2,1H3,(H,31,32);1-8,10-12,16,24,29H,9,13-15,28H2,(H,30,31)/t18-,19+;16-,24+/m11/s1. The summed E-state index contributed by atoms with van der Waals surface area (Å²) >= 11 is 0. The third-order valence-electron chi connectivity index (χ3n) is 11.9. The van der Waals surface area contributed by atoms with Gasteiger partial charge < -0.3 is 27.0 Å². The first-order valence-corrected chi connectivity index (χ1v) is 21.5. The number of benzene rings is 6. The Morgan fingerprint density at radius 1 is 0.508 bits per heavy atom. The highest BCUT2D eigenvalue weighted by Crippen LogP contribution is 2.32. The number of amides is 2. The van der Waals surface area contributed by atoms with Crippen LogP contribution in [0.25, 0.3) is 44.5 Å². The maximum Gasteiger partial charge on any atom is 0.251 e. The second-order valence-electron chi connectivity index (χ2n) is 16.6. The zero-order valence-corrected chi connectivity index (χ0v) is 35.3. The summed E-state index contributed by atoms with van der Waals surface area (Å²) in [5.41, 5.74) is 13.2. The van der Waals surface area contributed by atoms with Crippen LogP contribution in [0, 0.1) is 41.0 Å². The summed E-state index contributed by atoms with van der Waals surface area (Å²) in [7, 11) is 1.97. The largest absolute Gasteiger partial charge is 0.352 e. The van der Waals surface area contributed by atoms with E-state index >= 15 is 0 Å². The molecule has 0 bridgehead atoms. The van der Waals surface area contributed by atoms with Crippen LogP contribution in [0.4, 0.5) is 17.6 Å². The molecule has 0 aromatic heterocycles. The third-order valence-corrected chi connectivity index (χ3v) is 11.9. The van der Waals surface area contributed by atoms with Crippen molar-refractivity contribution in [2.75, 3.05) is 39.8 Å². The summed E-state index contributed by atoms with van der Waals surface area (Å²) in [4.78, 5) is 26.0. The topological polar surface area (TPSA) is 108 Å². The Morgan fingerprint density at radius 3 is 1.19 bits per heavy atom. The highest BCUT2D eigenvalue weighted by molar-refractivity contribution is 5.98. The predicted octanol–water partition coefficient (Wildman–Crippen LogP) is 9.63. The lowest BCUT2D eigenvalue weighted by Crippen LogP contribution is -2.30. The number of halogens is 4. The number of nitrogens with one attached hydrogen (secondary N) is 4. The molecule has 4 atom stereocenters. The van der Waals surface area contributed by atoms with E-state index in [4.69, 9.17) is 5.73 Å². The predicted molar refractivity (Wildman–Crippen MR) is 243 cm³/mol. The Morgan fingerprint density at radius 2 is 0.857 bits per heavy atom.